The number of fused-ring (bicyclic) bond motifs is 2. The first-order chi connectivity index (χ1) is 23.6. The summed E-state index contributed by atoms with van der Waals surface area (Å²) in [5.41, 5.74) is 19.4. The summed E-state index contributed by atoms with van der Waals surface area (Å²) in [6.45, 7) is 25.5. The second-order valence-corrected chi connectivity index (χ2v) is 30.1. The van der Waals surface area contributed by atoms with E-state index in [1.807, 2.05) is 0 Å². The van der Waals surface area contributed by atoms with Gasteiger partial charge in [0.2, 0.25) is 0 Å². The van der Waals surface area contributed by atoms with Crippen LogP contribution < -0.4 is 24.8 Å². The number of benzene rings is 4. The number of aryl methyl sites for hydroxylation is 3. The molecule has 0 bridgehead atoms. The molecule has 2 aliphatic rings. The van der Waals surface area contributed by atoms with Gasteiger partial charge < -0.3 is 24.8 Å². The normalized spacial score (nSPS) is 16.2. The van der Waals surface area contributed by atoms with Gasteiger partial charge in [-0.1, -0.05) is 0 Å². The van der Waals surface area contributed by atoms with Crippen molar-refractivity contribution in [1.29, 1.82) is 0 Å². The average molecular weight is 822 g/mol. The number of furan rings is 1. The molecule has 2 atom stereocenters. The molecule has 0 aliphatic heterocycles. The molecular formula is C47H51Cl2OSiZr. The van der Waals surface area contributed by atoms with E-state index in [-0.39, 0.29) is 47.0 Å². The molecule has 267 valence electrons. The van der Waals surface area contributed by atoms with E-state index < -0.39 is 21.9 Å². The Morgan fingerprint density at radius 2 is 1.06 bits per heavy atom. The molecule has 0 N–H and O–H groups in total. The van der Waals surface area contributed by atoms with Crippen LogP contribution in [0.25, 0.3) is 40.0 Å². The van der Waals surface area contributed by atoms with Crippen LogP contribution in [0.4, 0.5) is 0 Å². The second kappa shape index (κ2) is 15.2. The average Bonchev–Trinajstić information content (AvgIpc) is 3.75. The van der Waals surface area contributed by atoms with Crippen LogP contribution in [-0.2, 0) is 32.7 Å². The molecule has 2 aliphatic carbocycles. The summed E-state index contributed by atoms with van der Waals surface area (Å²) >= 11 is -0.770. The van der Waals surface area contributed by atoms with Crippen molar-refractivity contribution >= 4 is 23.2 Å². The molecule has 1 aromatic heterocycles. The number of halogens is 2. The Morgan fingerprint density at radius 3 is 1.50 bits per heavy atom. The van der Waals surface area contributed by atoms with Crippen LogP contribution in [-0.4, -0.2) is 5.43 Å². The third-order valence-corrected chi connectivity index (χ3v) is 19.6. The molecule has 52 heavy (non-hydrogen) atoms. The summed E-state index contributed by atoms with van der Waals surface area (Å²) in [5, 5.41) is 0. The van der Waals surface area contributed by atoms with E-state index in [4.69, 9.17) is 4.42 Å². The quantitative estimate of drug-likeness (QED) is 0.171. The van der Waals surface area contributed by atoms with Crippen molar-refractivity contribution in [3.05, 3.63) is 147 Å². The maximum atomic E-state index is 6.49. The molecular weight excluding hydrogens is 771 g/mol. The number of rotatable bonds is 5. The SMILES string of the molecule is Cc1ccc(C2=Cc3c(ccc(C)c3-c3ccc(C(C)(C)C)cc3)C2C2=Cc3c(ccc(C)c3-c3ccc(C(C)(C)C)cc3)[CH]2[Zr+2]=[Si](C)C)o1.[Cl-].[Cl-]. The fraction of sp³-hybridized carbons (Fsp3) is 0.319. The first kappa shape index (κ1) is 40.5. The van der Waals surface area contributed by atoms with Crippen molar-refractivity contribution in [3.8, 4) is 22.3 Å². The molecule has 5 heteroatoms. The van der Waals surface area contributed by atoms with E-state index in [0.717, 1.165) is 11.5 Å². The Kier molecular flexibility index (Phi) is 11.9. The Bertz CT molecular complexity index is 2220. The Balaban J connectivity index is 0.00000261. The predicted octanol–water partition coefficient (Wildman–Crippen LogP) is 7.25. The third-order valence-electron chi connectivity index (χ3n) is 10.7. The molecule has 5 aromatic rings. The minimum Gasteiger partial charge on any atom is -1.00 e. The van der Waals surface area contributed by atoms with Crippen molar-refractivity contribution in [2.45, 2.75) is 95.8 Å². The first-order valence-electron chi connectivity index (χ1n) is 18.2. The third kappa shape index (κ3) is 7.50. The van der Waals surface area contributed by atoms with Crippen molar-refractivity contribution in [2.24, 2.45) is 0 Å². The summed E-state index contributed by atoms with van der Waals surface area (Å²) in [4.78, 5) is 0. The number of hydrogen-bond donors (Lipinski definition) is 0. The molecule has 1 nitrogen and oxygen atoms in total. The second-order valence-electron chi connectivity index (χ2n) is 16.8. The van der Waals surface area contributed by atoms with Gasteiger partial charge in [0, 0.05) is 0 Å². The maximum Gasteiger partial charge on any atom is -1.00 e. The number of allylic oxidation sites excluding steroid dienone is 2. The molecule has 0 saturated heterocycles. The van der Waals surface area contributed by atoms with Gasteiger partial charge in [-0.2, -0.15) is 0 Å². The monoisotopic (exact) mass is 819 g/mol. The smallest absolute Gasteiger partial charge is 1.00 e. The fourth-order valence-corrected chi connectivity index (χ4v) is 16.8. The van der Waals surface area contributed by atoms with Gasteiger partial charge in [-0.05, 0) is 0 Å². The van der Waals surface area contributed by atoms with E-state index >= 15 is 0 Å². The Labute approximate surface area is 336 Å². The van der Waals surface area contributed by atoms with Crippen molar-refractivity contribution in [3.63, 3.8) is 0 Å². The molecule has 1 heterocycles. The van der Waals surface area contributed by atoms with Crippen LogP contribution in [0.15, 0.2) is 94.9 Å². The van der Waals surface area contributed by atoms with Gasteiger partial charge in [0.1, 0.15) is 0 Å². The predicted molar refractivity (Wildman–Crippen MR) is 213 cm³/mol. The van der Waals surface area contributed by atoms with E-state index in [9.17, 15) is 0 Å². The van der Waals surface area contributed by atoms with Crippen LogP contribution in [0.2, 0.25) is 13.1 Å². The van der Waals surface area contributed by atoms with Crippen LogP contribution in [0.1, 0.15) is 107 Å². The van der Waals surface area contributed by atoms with Gasteiger partial charge in [-0.3, -0.25) is 0 Å². The van der Waals surface area contributed by atoms with E-state index in [1.165, 1.54) is 66.8 Å². The van der Waals surface area contributed by atoms with Crippen LogP contribution in [0, 0.1) is 20.8 Å². The largest absolute Gasteiger partial charge is 1.00 e. The summed E-state index contributed by atoms with van der Waals surface area (Å²) in [6, 6.07) is 32.7. The van der Waals surface area contributed by atoms with E-state index in [2.05, 4.69) is 172 Å². The molecule has 4 aromatic carbocycles. The summed E-state index contributed by atoms with van der Waals surface area (Å²) in [5.74, 6) is 2.13. The van der Waals surface area contributed by atoms with Crippen LogP contribution in [0.5, 0.6) is 0 Å². The van der Waals surface area contributed by atoms with Crippen molar-refractivity contribution in [1.82, 2.24) is 0 Å². The van der Waals surface area contributed by atoms with Crippen LogP contribution >= 0.6 is 0 Å². The maximum absolute atomic E-state index is 6.49. The van der Waals surface area contributed by atoms with Gasteiger partial charge in [-0.15, -0.1) is 0 Å². The molecule has 2 unspecified atom stereocenters. The van der Waals surface area contributed by atoms with Gasteiger partial charge >= 0.3 is 314 Å². The molecule has 0 saturated carbocycles. The summed E-state index contributed by atoms with van der Waals surface area (Å²) < 4.78 is 7.03. The van der Waals surface area contributed by atoms with Crippen molar-refractivity contribution in [2.75, 3.05) is 0 Å². The van der Waals surface area contributed by atoms with Gasteiger partial charge in [0.05, 0.1) is 0 Å². The van der Waals surface area contributed by atoms with E-state index in [0.29, 0.717) is 3.63 Å². The topological polar surface area (TPSA) is 13.1 Å². The molecule has 0 spiro atoms. The zero-order valence-electron chi connectivity index (χ0n) is 32.6. The zero-order valence-corrected chi connectivity index (χ0v) is 37.5. The molecule has 0 amide bonds. The first-order valence-corrected chi connectivity index (χ1v) is 25.8. The fourth-order valence-electron chi connectivity index (χ4n) is 8.04. The van der Waals surface area contributed by atoms with Gasteiger partial charge in [-0.25, -0.2) is 0 Å². The van der Waals surface area contributed by atoms with Gasteiger partial charge in [0.25, 0.3) is 0 Å². The van der Waals surface area contributed by atoms with Crippen LogP contribution in [0.3, 0.4) is 0 Å². The molecule has 7 rings (SSSR count). The molecule has 0 fully saturated rings. The van der Waals surface area contributed by atoms with E-state index in [1.54, 1.807) is 11.1 Å². The summed E-state index contributed by atoms with van der Waals surface area (Å²) in [7, 11) is 0. The van der Waals surface area contributed by atoms with Gasteiger partial charge in [0.15, 0.2) is 0 Å². The van der Waals surface area contributed by atoms with Crippen molar-refractivity contribution < 1.29 is 51.1 Å². The molecule has 0 radical (unpaired) electrons. The Morgan fingerprint density at radius 1 is 0.577 bits per heavy atom. The zero-order chi connectivity index (χ0) is 35.7. The standard InChI is InChI=1S/C45H45O.C2H6Si.2ClH.Zr/c1-27-10-13-32-24-33(25-37(32)41(27)30-14-18-34(19-15-30)44(4,5)6)43-36-22-11-28(2)42(31-16-20-35(21-17-31)45(7,8)9)38(36)26-39(43)40-23-12-29(3)46-40;1-3-2;;;/h10-26,43H,1-9H3;1-2H3;2*1H;/q;;;;+2/p-2. The number of hydrogen-bond acceptors (Lipinski definition) is 1. The minimum atomic E-state index is -0.770. The summed E-state index contributed by atoms with van der Waals surface area (Å²) in [6.07, 6.45) is 5.11. The Hall–Kier alpha value is -2.68. The minimum absolute atomic E-state index is 0.